The molecule has 0 aliphatic rings. The zero-order valence-electron chi connectivity index (χ0n) is 13.0. The van der Waals surface area contributed by atoms with E-state index in [9.17, 15) is 5.26 Å². The second-order valence-corrected chi connectivity index (χ2v) is 5.73. The number of furan rings is 1. The van der Waals surface area contributed by atoms with E-state index in [0.717, 1.165) is 27.6 Å². The summed E-state index contributed by atoms with van der Waals surface area (Å²) in [6.07, 6.45) is 2.04. The standard InChI is InChI=1S/C20H15N2O/c1-13-6-3-4-8-15(13)18-20-17(10-11-22(18)2)16-9-5-7-14(12-21)19(16)23-20/h3-11H,1-2H3/q+1. The molecule has 0 N–H and O–H groups in total. The number of para-hydroxylation sites is 1. The lowest BCUT2D eigenvalue weighted by molar-refractivity contribution is -0.659. The molecule has 110 valence electrons. The Bertz CT molecular complexity index is 1100. The Morgan fingerprint density at radius 3 is 2.52 bits per heavy atom. The van der Waals surface area contributed by atoms with Crippen LogP contribution in [0.15, 0.2) is 59.1 Å². The first-order chi connectivity index (χ1) is 11.2. The van der Waals surface area contributed by atoms with E-state index >= 15 is 0 Å². The molecule has 2 heterocycles. The van der Waals surface area contributed by atoms with Gasteiger partial charge in [0.2, 0.25) is 5.58 Å². The Labute approximate surface area is 134 Å². The van der Waals surface area contributed by atoms with Crippen molar-refractivity contribution in [2.75, 3.05) is 0 Å². The predicted molar refractivity (Wildman–Crippen MR) is 89.8 cm³/mol. The molecule has 0 aliphatic heterocycles. The minimum atomic E-state index is 0.567. The van der Waals surface area contributed by atoms with Gasteiger partial charge in [0.15, 0.2) is 11.8 Å². The fraction of sp³-hybridized carbons (Fsp3) is 0.100. The van der Waals surface area contributed by atoms with Crippen molar-refractivity contribution in [2.24, 2.45) is 7.05 Å². The van der Waals surface area contributed by atoms with Crippen LogP contribution in [0.25, 0.3) is 33.2 Å². The van der Waals surface area contributed by atoms with Gasteiger partial charge in [-0.05, 0) is 24.6 Å². The Hall–Kier alpha value is -3.12. The Balaban J connectivity index is 2.19. The van der Waals surface area contributed by atoms with E-state index in [-0.39, 0.29) is 0 Å². The maximum Gasteiger partial charge on any atom is 0.256 e. The molecule has 0 saturated carbocycles. The largest absolute Gasteiger partial charge is 0.448 e. The third kappa shape index (κ3) is 1.92. The number of benzene rings is 2. The molecule has 23 heavy (non-hydrogen) atoms. The number of aromatic nitrogens is 1. The molecule has 0 saturated heterocycles. The van der Waals surface area contributed by atoms with E-state index in [2.05, 4.69) is 29.7 Å². The Morgan fingerprint density at radius 2 is 1.74 bits per heavy atom. The first-order valence-electron chi connectivity index (χ1n) is 7.50. The second-order valence-electron chi connectivity index (χ2n) is 5.73. The summed E-state index contributed by atoms with van der Waals surface area (Å²) in [5.74, 6) is 0. The van der Waals surface area contributed by atoms with Crippen LogP contribution in [0.1, 0.15) is 11.1 Å². The van der Waals surface area contributed by atoms with Crippen molar-refractivity contribution in [3.63, 3.8) is 0 Å². The molecule has 0 spiro atoms. The summed E-state index contributed by atoms with van der Waals surface area (Å²) in [6.45, 7) is 2.09. The van der Waals surface area contributed by atoms with Gasteiger partial charge in [0.25, 0.3) is 5.69 Å². The van der Waals surface area contributed by atoms with Gasteiger partial charge in [0.05, 0.1) is 11.1 Å². The third-order valence-electron chi connectivity index (χ3n) is 4.31. The molecule has 4 rings (SSSR count). The van der Waals surface area contributed by atoms with Crippen LogP contribution in [0.2, 0.25) is 0 Å². The van der Waals surface area contributed by atoms with Gasteiger partial charge in [-0.1, -0.05) is 30.3 Å². The summed E-state index contributed by atoms with van der Waals surface area (Å²) >= 11 is 0. The van der Waals surface area contributed by atoms with Crippen molar-refractivity contribution in [3.8, 4) is 17.3 Å². The maximum atomic E-state index is 9.33. The number of pyridine rings is 1. The van der Waals surface area contributed by atoms with Gasteiger partial charge in [-0.3, -0.25) is 0 Å². The highest BCUT2D eigenvalue weighted by molar-refractivity contribution is 6.09. The van der Waals surface area contributed by atoms with Gasteiger partial charge < -0.3 is 4.42 Å². The Kier molecular flexibility index (Phi) is 2.92. The Morgan fingerprint density at radius 1 is 0.957 bits per heavy atom. The highest BCUT2D eigenvalue weighted by Crippen LogP contribution is 2.35. The third-order valence-corrected chi connectivity index (χ3v) is 4.31. The van der Waals surface area contributed by atoms with E-state index < -0.39 is 0 Å². The van der Waals surface area contributed by atoms with Gasteiger partial charge in [-0.2, -0.15) is 9.83 Å². The van der Waals surface area contributed by atoms with Crippen molar-refractivity contribution in [1.29, 1.82) is 5.26 Å². The zero-order chi connectivity index (χ0) is 16.0. The molecule has 0 amide bonds. The number of nitriles is 1. The summed E-state index contributed by atoms with van der Waals surface area (Å²) in [7, 11) is 2.01. The van der Waals surface area contributed by atoms with Crippen LogP contribution in [0.5, 0.6) is 0 Å². The normalized spacial score (nSPS) is 11.0. The summed E-state index contributed by atoms with van der Waals surface area (Å²) in [5, 5.41) is 11.3. The molecule has 2 aromatic carbocycles. The van der Waals surface area contributed by atoms with Crippen LogP contribution in [-0.4, -0.2) is 0 Å². The van der Waals surface area contributed by atoms with Crippen LogP contribution in [0, 0.1) is 18.3 Å². The predicted octanol–water partition coefficient (Wildman–Crippen LogP) is 4.26. The van der Waals surface area contributed by atoms with Crippen LogP contribution in [0.3, 0.4) is 0 Å². The quantitative estimate of drug-likeness (QED) is 0.493. The number of hydrogen-bond donors (Lipinski definition) is 0. The second kappa shape index (κ2) is 4.96. The van der Waals surface area contributed by atoms with E-state index in [1.165, 1.54) is 5.56 Å². The van der Waals surface area contributed by atoms with E-state index in [1.54, 1.807) is 6.07 Å². The zero-order valence-corrected chi connectivity index (χ0v) is 13.0. The lowest BCUT2D eigenvalue weighted by Crippen LogP contribution is -2.30. The fourth-order valence-corrected chi connectivity index (χ4v) is 3.14. The molecule has 3 nitrogen and oxygen atoms in total. The summed E-state index contributed by atoms with van der Waals surface area (Å²) in [4.78, 5) is 0. The monoisotopic (exact) mass is 299 g/mol. The average Bonchev–Trinajstić information content (AvgIpc) is 2.94. The molecule has 0 bridgehead atoms. The number of fused-ring (bicyclic) bond motifs is 3. The van der Waals surface area contributed by atoms with E-state index in [0.29, 0.717) is 11.1 Å². The van der Waals surface area contributed by atoms with E-state index in [4.69, 9.17) is 4.42 Å². The first-order valence-corrected chi connectivity index (χ1v) is 7.50. The van der Waals surface area contributed by atoms with Crippen LogP contribution >= 0.6 is 0 Å². The minimum Gasteiger partial charge on any atom is -0.448 e. The number of nitrogens with zero attached hydrogens (tertiary/aromatic N) is 2. The molecule has 0 unspecified atom stereocenters. The highest BCUT2D eigenvalue weighted by Gasteiger charge is 2.22. The molecule has 4 aromatic rings. The molecule has 0 atom stereocenters. The van der Waals surface area contributed by atoms with Crippen LogP contribution in [-0.2, 0) is 7.05 Å². The van der Waals surface area contributed by atoms with Gasteiger partial charge >= 0.3 is 0 Å². The highest BCUT2D eigenvalue weighted by atomic mass is 16.3. The van der Waals surface area contributed by atoms with Crippen LogP contribution in [0.4, 0.5) is 0 Å². The van der Waals surface area contributed by atoms with Crippen molar-refractivity contribution in [3.05, 3.63) is 65.9 Å². The van der Waals surface area contributed by atoms with Gasteiger partial charge in [0, 0.05) is 16.8 Å². The lowest BCUT2D eigenvalue weighted by Gasteiger charge is -2.04. The van der Waals surface area contributed by atoms with Crippen molar-refractivity contribution in [2.45, 2.75) is 6.92 Å². The molecule has 0 fully saturated rings. The van der Waals surface area contributed by atoms with Crippen molar-refractivity contribution < 1.29 is 8.98 Å². The summed E-state index contributed by atoms with van der Waals surface area (Å²) in [6, 6.07) is 18.2. The number of rotatable bonds is 1. The van der Waals surface area contributed by atoms with Crippen LogP contribution < -0.4 is 4.57 Å². The van der Waals surface area contributed by atoms with Crippen molar-refractivity contribution >= 4 is 21.9 Å². The molecule has 2 aromatic heterocycles. The topological polar surface area (TPSA) is 40.8 Å². The number of hydrogen-bond acceptors (Lipinski definition) is 2. The average molecular weight is 299 g/mol. The lowest BCUT2D eigenvalue weighted by atomic mass is 10.0. The maximum absolute atomic E-state index is 9.33. The SMILES string of the molecule is Cc1ccccc1-c1c2oc3c(C#N)cccc3c2cc[n+]1C. The number of aryl methyl sites for hydroxylation is 2. The fourth-order valence-electron chi connectivity index (χ4n) is 3.14. The molecule has 0 radical (unpaired) electrons. The molecular weight excluding hydrogens is 284 g/mol. The minimum absolute atomic E-state index is 0.567. The first kappa shape index (κ1) is 13.5. The van der Waals surface area contributed by atoms with Gasteiger partial charge in [-0.25, -0.2) is 0 Å². The molecule has 3 heteroatoms. The van der Waals surface area contributed by atoms with E-state index in [1.807, 2.05) is 43.6 Å². The molecule has 0 aliphatic carbocycles. The van der Waals surface area contributed by atoms with Crippen molar-refractivity contribution in [1.82, 2.24) is 0 Å². The molecular formula is C20H15N2O+. The smallest absolute Gasteiger partial charge is 0.256 e. The summed E-state index contributed by atoms with van der Waals surface area (Å²) < 4.78 is 8.22. The van der Waals surface area contributed by atoms with Gasteiger partial charge in [0.1, 0.15) is 13.1 Å². The summed E-state index contributed by atoms with van der Waals surface area (Å²) in [5.41, 5.74) is 5.40. The van der Waals surface area contributed by atoms with Gasteiger partial charge in [-0.15, -0.1) is 0 Å².